The van der Waals surface area contributed by atoms with E-state index in [9.17, 15) is 14.7 Å². The first-order valence-electron chi connectivity index (χ1n) is 9.45. The second kappa shape index (κ2) is 9.16. The normalized spacial score (nSPS) is 22.2. The lowest BCUT2D eigenvalue weighted by atomic mass is 9.90. The van der Waals surface area contributed by atoms with Gasteiger partial charge in [-0.25, -0.2) is 0 Å². The number of amides is 1. The van der Waals surface area contributed by atoms with Crippen molar-refractivity contribution < 1.29 is 19.4 Å². The molecule has 154 valence electrons. The fraction of sp³-hybridized carbons (Fsp3) is 0.364. The molecule has 1 saturated heterocycles. The number of nitrogens with zero attached hydrogens (tertiary/aromatic N) is 1. The van der Waals surface area contributed by atoms with Crippen molar-refractivity contribution in [2.24, 2.45) is 5.92 Å². The van der Waals surface area contributed by atoms with E-state index in [1.807, 2.05) is 38.1 Å². The Bertz CT molecular complexity index is 885. The van der Waals surface area contributed by atoms with Crippen molar-refractivity contribution >= 4 is 35.1 Å². The number of rotatable bonds is 6. The highest BCUT2D eigenvalue weighted by molar-refractivity contribution is 6.30. The zero-order chi connectivity index (χ0) is 21.1. The molecule has 1 aliphatic rings. The van der Waals surface area contributed by atoms with E-state index in [0.717, 1.165) is 11.1 Å². The van der Waals surface area contributed by atoms with Crippen LogP contribution in [0.1, 0.15) is 43.5 Å². The van der Waals surface area contributed by atoms with Crippen molar-refractivity contribution in [1.29, 1.82) is 0 Å². The molecule has 3 atom stereocenters. The van der Waals surface area contributed by atoms with Gasteiger partial charge in [0.15, 0.2) is 0 Å². The number of hydrogen-bond acceptors (Lipinski definition) is 3. The molecule has 0 spiro atoms. The lowest BCUT2D eigenvalue weighted by Crippen LogP contribution is -2.52. The Kier molecular flexibility index (Phi) is 6.83. The summed E-state index contributed by atoms with van der Waals surface area (Å²) in [6.07, 6.45) is -2.01. The van der Waals surface area contributed by atoms with Gasteiger partial charge in [-0.1, -0.05) is 61.3 Å². The monoisotopic (exact) mass is 435 g/mol. The van der Waals surface area contributed by atoms with Gasteiger partial charge in [0.1, 0.15) is 12.2 Å². The van der Waals surface area contributed by atoms with Crippen molar-refractivity contribution in [2.45, 2.75) is 38.5 Å². The molecule has 0 aliphatic carbocycles. The molecule has 29 heavy (non-hydrogen) atoms. The maximum Gasteiger partial charge on any atom is 0.306 e. The molecule has 1 unspecified atom stereocenters. The molecule has 7 heteroatoms. The SMILES string of the molecule is CC(C)CN1C(=O)[C@H](CC(=O)O)OC(c2cccc(Cl)c2)[C@H]1c1ccc(Cl)cc1. The predicted octanol–water partition coefficient (Wildman–Crippen LogP) is 5.13. The highest BCUT2D eigenvalue weighted by Gasteiger charge is 2.44. The van der Waals surface area contributed by atoms with Crippen LogP contribution < -0.4 is 0 Å². The maximum absolute atomic E-state index is 13.2. The van der Waals surface area contributed by atoms with Crippen LogP contribution in [-0.2, 0) is 14.3 Å². The van der Waals surface area contributed by atoms with Crippen molar-refractivity contribution in [2.75, 3.05) is 6.54 Å². The summed E-state index contributed by atoms with van der Waals surface area (Å²) in [6.45, 7) is 4.51. The van der Waals surface area contributed by atoms with E-state index in [0.29, 0.717) is 16.6 Å². The largest absolute Gasteiger partial charge is 0.481 e. The summed E-state index contributed by atoms with van der Waals surface area (Å²) in [5.41, 5.74) is 1.65. The van der Waals surface area contributed by atoms with E-state index in [2.05, 4.69) is 0 Å². The molecule has 1 aliphatic heterocycles. The number of halogens is 2. The highest BCUT2D eigenvalue weighted by Crippen LogP contribution is 2.43. The summed E-state index contributed by atoms with van der Waals surface area (Å²) >= 11 is 12.3. The Morgan fingerprint density at radius 1 is 1.10 bits per heavy atom. The number of aliphatic carboxylic acids is 1. The number of hydrogen-bond donors (Lipinski definition) is 1. The molecule has 2 aromatic carbocycles. The Balaban J connectivity index is 2.11. The topological polar surface area (TPSA) is 66.8 Å². The minimum absolute atomic E-state index is 0.192. The molecule has 1 N–H and O–H groups in total. The van der Waals surface area contributed by atoms with Crippen LogP contribution in [0.25, 0.3) is 0 Å². The van der Waals surface area contributed by atoms with Gasteiger partial charge in [0.25, 0.3) is 5.91 Å². The van der Waals surface area contributed by atoms with Crippen LogP contribution in [0.4, 0.5) is 0 Å². The van der Waals surface area contributed by atoms with Gasteiger partial charge in [-0.2, -0.15) is 0 Å². The van der Waals surface area contributed by atoms with Gasteiger partial charge in [-0.15, -0.1) is 0 Å². The Labute approximate surface area is 180 Å². The standard InChI is InChI=1S/C22H23Cl2NO4/c1-13(2)12-25-20(14-6-8-16(23)9-7-14)21(15-4-3-5-17(24)10-15)29-18(22(25)28)11-19(26)27/h3-10,13,18,20-21H,11-12H2,1-2H3,(H,26,27)/t18-,20+,21?/m0/s1. The fourth-order valence-corrected chi connectivity index (χ4v) is 3.97. The average Bonchev–Trinajstić information content (AvgIpc) is 2.65. The number of morpholine rings is 1. The fourth-order valence-electron chi connectivity index (χ4n) is 3.65. The third kappa shape index (κ3) is 5.10. The molecule has 1 fully saturated rings. The van der Waals surface area contributed by atoms with Crippen LogP contribution in [0, 0.1) is 5.92 Å². The van der Waals surface area contributed by atoms with Crippen LogP contribution in [0.2, 0.25) is 10.0 Å². The quantitative estimate of drug-likeness (QED) is 0.682. The lowest BCUT2D eigenvalue weighted by molar-refractivity contribution is -0.179. The molecule has 1 heterocycles. The van der Waals surface area contributed by atoms with Gasteiger partial charge >= 0.3 is 5.97 Å². The number of ether oxygens (including phenoxy) is 1. The molecular weight excluding hydrogens is 413 g/mol. The Hall–Kier alpha value is -2.08. The number of carbonyl (C=O) groups excluding carboxylic acids is 1. The maximum atomic E-state index is 13.2. The van der Waals surface area contributed by atoms with E-state index in [1.165, 1.54) is 0 Å². The number of carboxylic acids is 1. The minimum Gasteiger partial charge on any atom is -0.481 e. The molecule has 3 rings (SSSR count). The third-order valence-electron chi connectivity index (χ3n) is 4.80. The smallest absolute Gasteiger partial charge is 0.306 e. The van der Waals surface area contributed by atoms with Gasteiger partial charge < -0.3 is 14.7 Å². The van der Waals surface area contributed by atoms with Gasteiger partial charge in [0.2, 0.25) is 0 Å². The van der Waals surface area contributed by atoms with Gasteiger partial charge in [0, 0.05) is 16.6 Å². The van der Waals surface area contributed by atoms with Gasteiger partial charge in [0.05, 0.1) is 12.5 Å². The summed E-state index contributed by atoms with van der Waals surface area (Å²) in [7, 11) is 0. The first kappa shape index (κ1) is 21.6. The van der Waals surface area contributed by atoms with Crippen molar-refractivity contribution in [3.8, 4) is 0 Å². The molecule has 2 aromatic rings. The molecule has 0 saturated carbocycles. The highest BCUT2D eigenvalue weighted by atomic mass is 35.5. The molecule has 0 bridgehead atoms. The van der Waals surface area contributed by atoms with E-state index >= 15 is 0 Å². The van der Waals surface area contributed by atoms with Crippen molar-refractivity contribution in [3.05, 3.63) is 69.7 Å². The second-order valence-electron chi connectivity index (χ2n) is 7.58. The summed E-state index contributed by atoms with van der Waals surface area (Å²) in [6, 6.07) is 14.1. The van der Waals surface area contributed by atoms with Crippen LogP contribution in [0.3, 0.4) is 0 Å². The second-order valence-corrected chi connectivity index (χ2v) is 8.45. The van der Waals surface area contributed by atoms with E-state index in [4.69, 9.17) is 27.9 Å². The van der Waals surface area contributed by atoms with E-state index in [1.54, 1.807) is 29.2 Å². The summed E-state index contributed by atoms with van der Waals surface area (Å²) in [5, 5.41) is 10.4. The van der Waals surface area contributed by atoms with Crippen LogP contribution in [-0.4, -0.2) is 34.5 Å². The predicted molar refractivity (Wildman–Crippen MR) is 112 cm³/mol. The number of benzene rings is 2. The first-order valence-corrected chi connectivity index (χ1v) is 10.2. The summed E-state index contributed by atoms with van der Waals surface area (Å²) in [4.78, 5) is 26.3. The van der Waals surface area contributed by atoms with Crippen molar-refractivity contribution in [1.82, 2.24) is 4.90 Å². The lowest BCUT2D eigenvalue weighted by Gasteiger charge is -2.45. The van der Waals surface area contributed by atoms with Crippen LogP contribution in [0.15, 0.2) is 48.5 Å². The minimum atomic E-state index is -1.08. The molecule has 5 nitrogen and oxygen atoms in total. The Morgan fingerprint density at radius 2 is 1.79 bits per heavy atom. The zero-order valence-electron chi connectivity index (χ0n) is 16.2. The molecule has 0 radical (unpaired) electrons. The van der Waals surface area contributed by atoms with Gasteiger partial charge in [-0.05, 0) is 41.3 Å². The average molecular weight is 436 g/mol. The van der Waals surface area contributed by atoms with Crippen LogP contribution >= 0.6 is 23.2 Å². The van der Waals surface area contributed by atoms with E-state index in [-0.39, 0.29) is 11.8 Å². The summed E-state index contributed by atoms with van der Waals surface area (Å²) in [5.74, 6) is -1.21. The molecule has 0 aromatic heterocycles. The van der Waals surface area contributed by atoms with Gasteiger partial charge in [-0.3, -0.25) is 9.59 Å². The third-order valence-corrected chi connectivity index (χ3v) is 5.29. The summed E-state index contributed by atoms with van der Waals surface area (Å²) < 4.78 is 6.10. The van der Waals surface area contributed by atoms with E-state index < -0.39 is 30.6 Å². The number of carbonyl (C=O) groups is 2. The Morgan fingerprint density at radius 3 is 2.38 bits per heavy atom. The zero-order valence-corrected chi connectivity index (χ0v) is 17.7. The molecule has 1 amide bonds. The van der Waals surface area contributed by atoms with Crippen LogP contribution in [0.5, 0.6) is 0 Å². The number of carboxylic acid groups (broad SMARTS) is 1. The first-order chi connectivity index (χ1) is 13.8. The molecular formula is C22H23Cl2NO4. The van der Waals surface area contributed by atoms with Crippen molar-refractivity contribution in [3.63, 3.8) is 0 Å².